The molecule has 0 fully saturated rings. The molecule has 0 unspecified atom stereocenters. The van der Waals surface area contributed by atoms with Crippen LogP contribution in [0.2, 0.25) is 0 Å². The van der Waals surface area contributed by atoms with Gasteiger partial charge in [0, 0.05) is 36.8 Å². The van der Waals surface area contributed by atoms with E-state index in [1.54, 1.807) is 43.7 Å². The van der Waals surface area contributed by atoms with Gasteiger partial charge in [-0.05, 0) is 43.5 Å². The molecule has 0 amide bonds. The first kappa shape index (κ1) is 21.6. The molecule has 0 radical (unpaired) electrons. The van der Waals surface area contributed by atoms with Crippen LogP contribution in [0.5, 0.6) is 5.75 Å². The number of ether oxygens (including phenoxy) is 1. The maximum atomic E-state index is 10.7. The minimum absolute atomic E-state index is 0.0695. The number of benzene rings is 1. The van der Waals surface area contributed by atoms with Gasteiger partial charge in [-0.1, -0.05) is 12.8 Å². The summed E-state index contributed by atoms with van der Waals surface area (Å²) in [5.41, 5.74) is 1.63. The van der Waals surface area contributed by atoms with Gasteiger partial charge in [0.2, 0.25) is 12.2 Å². The minimum atomic E-state index is -0.413. The Morgan fingerprint density at radius 2 is 2.00 bits per heavy atom. The summed E-state index contributed by atoms with van der Waals surface area (Å²) in [5.74, 6) is 1.09. The number of non-ortho nitro benzene ring substituents is 1. The summed E-state index contributed by atoms with van der Waals surface area (Å²) in [6, 6.07) is 8.20. The van der Waals surface area contributed by atoms with Gasteiger partial charge < -0.3 is 15.4 Å². The highest BCUT2D eigenvalue weighted by atomic mass is 16.6. The smallest absolute Gasteiger partial charge is 0.269 e. The second-order valence-corrected chi connectivity index (χ2v) is 6.32. The van der Waals surface area contributed by atoms with Crippen molar-refractivity contribution in [3.63, 3.8) is 0 Å². The Balaban J connectivity index is 1.60. The molecule has 0 aliphatic carbocycles. The summed E-state index contributed by atoms with van der Waals surface area (Å²) >= 11 is 0. The van der Waals surface area contributed by atoms with E-state index in [1.807, 2.05) is 0 Å². The van der Waals surface area contributed by atoms with Gasteiger partial charge in [-0.2, -0.15) is 5.26 Å². The van der Waals surface area contributed by atoms with Crippen LogP contribution in [0.3, 0.4) is 0 Å². The van der Waals surface area contributed by atoms with E-state index < -0.39 is 4.92 Å². The van der Waals surface area contributed by atoms with Gasteiger partial charge in [0.05, 0.1) is 11.5 Å². The van der Waals surface area contributed by atoms with Crippen molar-refractivity contribution in [1.82, 2.24) is 10.3 Å². The fourth-order valence-electron chi connectivity index (χ4n) is 2.61. The fourth-order valence-corrected chi connectivity index (χ4v) is 2.61. The highest BCUT2D eigenvalue weighted by Crippen LogP contribution is 2.23. The zero-order chi connectivity index (χ0) is 20.9. The first-order valence-electron chi connectivity index (χ1n) is 9.35. The highest BCUT2D eigenvalue weighted by Gasteiger charge is 2.08. The molecule has 2 aromatic rings. The molecular weight excluding hydrogens is 372 g/mol. The number of nitrogens with zero attached hydrogens (tertiary/aromatic N) is 4. The quantitative estimate of drug-likeness (QED) is 0.156. The van der Waals surface area contributed by atoms with Crippen molar-refractivity contribution >= 4 is 17.3 Å². The average Bonchev–Trinajstić information content (AvgIpc) is 2.71. The summed E-state index contributed by atoms with van der Waals surface area (Å²) in [4.78, 5) is 18.0. The Bertz CT molecular complexity index is 864. The van der Waals surface area contributed by atoms with Gasteiger partial charge in [-0.25, -0.2) is 0 Å². The Hall–Kier alpha value is -3.67. The number of hydrogen-bond donors (Lipinski definition) is 2. The zero-order valence-electron chi connectivity index (χ0n) is 16.3. The molecule has 152 valence electrons. The molecule has 0 saturated carbocycles. The van der Waals surface area contributed by atoms with Gasteiger partial charge >= 0.3 is 0 Å². The minimum Gasteiger partial charge on any atom is -0.493 e. The number of aryl methyl sites for hydroxylation is 1. The van der Waals surface area contributed by atoms with E-state index in [2.05, 4.69) is 20.6 Å². The summed E-state index contributed by atoms with van der Waals surface area (Å²) < 4.78 is 5.71. The third kappa shape index (κ3) is 7.84. The fraction of sp³-hybridized carbons (Fsp3) is 0.350. The molecule has 0 atom stereocenters. The Morgan fingerprint density at radius 3 is 2.69 bits per heavy atom. The highest BCUT2D eigenvalue weighted by molar-refractivity contribution is 5.94. The largest absolute Gasteiger partial charge is 0.493 e. The second kappa shape index (κ2) is 11.9. The van der Waals surface area contributed by atoms with Crippen LogP contribution < -0.4 is 15.4 Å². The number of nitrogens with one attached hydrogen (secondary N) is 2. The number of aromatic nitrogens is 1. The third-order valence-corrected chi connectivity index (χ3v) is 4.10. The van der Waals surface area contributed by atoms with Crippen LogP contribution in [-0.4, -0.2) is 29.0 Å². The molecule has 0 aliphatic rings. The van der Waals surface area contributed by atoms with Gasteiger partial charge in [0.25, 0.3) is 5.69 Å². The molecular formula is C20H24N6O3. The number of anilines is 1. The number of aliphatic imine (C=N–C) groups is 1. The summed E-state index contributed by atoms with van der Waals surface area (Å²) in [6.07, 6.45) is 8.92. The maximum Gasteiger partial charge on any atom is 0.269 e. The van der Waals surface area contributed by atoms with Gasteiger partial charge in [-0.15, -0.1) is 4.99 Å². The summed E-state index contributed by atoms with van der Waals surface area (Å²) in [7, 11) is 0. The average molecular weight is 396 g/mol. The molecule has 1 heterocycles. The molecule has 0 bridgehead atoms. The van der Waals surface area contributed by atoms with E-state index in [4.69, 9.17) is 10.00 Å². The monoisotopic (exact) mass is 396 g/mol. The van der Waals surface area contributed by atoms with E-state index in [1.165, 1.54) is 12.1 Å². The first-order valence-corrected chi connectivity index (χ1v) is 9.35. The van der Waals surface area contributed by atoms with Crippen LogP contribution in [0.4, 0.5) is 11.4 Å². The van der Waals surface area contributed by atoms with E-state index >= 15 is 0 Å². The molecule has 2 rings (SSSR count). The topological polar surface area (TPSA) is 125 Å². The number of nitro benzene ring substituents is 1. The molecule has 0 saturated heterocycles. The first-order chi connectivity index (χ1) is 14.1. The summed E-state index contributed by atoms with van der Waals surface area (Å²) in [6.45, 7) is 3.06. The zero-order valence-corrected chi connectivity index (χ0v) is 16.3. The molecule has 9 nitrogen and oxygen atoms in total. The van der Waals surface area contributed by atoms with Crippen LogP contribution in [0, 0.1) is 28.5 Å². The van der Waals surface area contributed by atoms with Crippen molar-refractivity contribution in [3.05, 3.63) is 58.4 Å². The van der Waals surface area contributed by atoms with Crippen molar-refractivity contribution in [2.45, 2.75) is 32.6 Å². The molecule has 1 aromatic carbocycles. The molecule has 1 aromatic heterocycles. The van der Waals surface area contributed by atoms with E-state index in [0.29, 0.717) is 24.9 Å². The second-order valence-electron chi connectivity index (χ2n) is 6.32. The molecule has 2 N–H and O–H groups in total. The van der Waals surface area contributed by atoms with E-state index in [-0.39, 0.29) is 5.69 Å². The van der Waals surface area contributed by atoms with Crippen LogP contribution in [0.15, 0.2) is 47.7 Å². The van der Waals surface area contributed by atoms with Crippen molar-refractivity contribution in [2.24, 2.45) is 4.99 Å². The SMILES string of the molecule is Cc1cc([N+](=O)[O-])ccc1OCCCCCCN/C(=N\C#N)Nc1ccncc1. The lowest BCUT2D eigenvalue weighted by Gasteiger charge is -2.11. The number of guanidine groups is 1. The van der Waals surface area contributed by atoms with Gasteiger partial charge in [0.15, 0.2) is 0 Å². The molecule has 0 spiro atoms. The van der Waals surface area contributed by atoms with Gasteiger partial charge in [-0.3, -0.25) is 15.1 Å². The third-order valence-electron chi connectivity index (χ3n) is 4.10. The predicted octanol–water partition coefficient (Wildman–Crippen LogP) is 3.78. The maximum absolute atomic E-state index is 10.7. The van der Waals surface area contributed by atoms with Crippen molar-refractivity contribution in [3.8, 4) is 11.9 Å². The van der Waals surface area contributed by atoms with Crippen molar-refractivity contribution in [1.29, 1.82) is 5.26 Å². The van der Waals surface area contributed by atoms with E-state index in [9.17, 15) is 10.1 Å². The molecule has 9 heteroatoms. The van der Waals surface area contributed by atoms with Crippen LogP contribution in [0.25, 0.3) is 0 Å². The van der Waals surface area contributed by atoms with E-state index in [0.717, 1.165) is 36.9 Å². The van der Waals surface area contributed by atoms with Crippen LogP contribution in [0.1, 0.15) is 31.2 Å². The molecule has 29 heavy (non-hydrogen) atoms. The number of unbranched alkanes of at least 4 members (excludes halogenated alkanes) is 3. The van der Waals surface area contributed by atoms with Crippen molar-refractivity contribution < 1.29 is 9.66 Å². The normalized spacial score (nSPS) is 10.8. The number of nitriles is 1. The number of nitro groups is 1. The Kier molecular flexibility index (Phi) is 8.89. The molecule has 0 aliphatic heterocycles. The van der Waals surface area contributed by atoms with Crippen molar-refractivity contribution in [2.75, 3.05) is 18.5 Å². The number of pyridine rings is 1. The Morgan fingerprint density at radius 1 is 1.24 bits per heavy atom. The number of rotatable bonds is 10. The van der Waals surface area contributed by atoms with Crippen LogP contribution >= 0.6 is 0 Å². The lowest BCUT2D eigenvalue weighted by atomic mass is 10.2. The summed E-state index contributed by atoms with van der Waals surface area (Å²) in [5, 5.41) is 25.7. The lowest BCUT2D eigenvalue weighted by Crippen LogP contribution is -2.31. The lowest BCUT2D eigenvalue weighted by molar-refractivity contribution is -0.384. The standard InChI is InChI=1S/C20H24N6O3/c1-16-14-18(26(27)28)6-7-19(16)29-13-5-3-2-4-10-23-20(24-15-21)25-17-8-11-22-12-9-17/h6-9,11-12,14H,2-5,10,13H2,1H3,(H2,22,23,24,25). The van der Waals surface area contributed by atoms with Crippen LogP contribution in [-0.2, 0) is 0 Å². The Labute approximate surface area is 169 Å². The number of hydrogen-bond acceptors (Lipinski definition) is 6. The van der Waals surface area contributed by atoms with Gasteiger partial charge in [0.1, 0.15) is 5.75 Å². The predicted molar refractivity (Wildman–Crippen MR) is 111 cm³/mol.